The largest absolute Gasteiger partial charge is 0.366 e. The van der Waals surface area contributed by atoms with Gasteiger partial charge < -0.3 is 5.73 Å². The Morgan fingerprint density at radius 2 is 2.15 bits per heavy atom. The third-order valence-corrected chi connectivity index (χ3v) is 1.86. The van der Waals surface area contributed by atoms with E-state index in [1.165, 1.54) is 11.6 Å². The zero-order valence-corrected chi connectivity index (χ0v) is 7.66. The molecule has 1 aromatic carbocycles. The van der Waals surface area contributed by atoms with Gasteiger partial charge >= 0.3 is 0 Å². The minimum atomic E-state index is -0.411. The number of aryl methyl sites for hydroxylation is 1. The van der Waals surface area contributed by atoms with E-state index in [4.69, 9.17) is 5.73 Å². The number of nitrogens with two attached hydrogens (primary N) is 1. The van der Waals surface area contributed by atoms with Crippen molar-refractivity contribution >= 4 is 12.0 Å². The summed E-state index contributed by atoms with van der Waals surface area (Å²) in [4.78, 5) is 10.5. The molecule has 2 nitrogen and oxygen atoms in total. The van der Waals surface area contributed by atoms with Crippen LogP contribution in [0.25, 0.3) is 6.08 Å². The molecule has 0 fully saturated rings. The van der Waals surface area contributed by atoms with E-state index in [0.717, 1.165) is 12.0 Å². The molecule has 0 atom stereocenters. The average molecular weight is 175 g/mol. The van der Waals surface area contributed by atoms with E-state index >= 15 is 0 Å². The topological polar surface area (TPSA) is 43.1 Å². The Kier molecular flexibility index (Phi) is 3.26. The minimum Gasteiger partial charge on any atom is -0.366 e. The van der Waals surface area contributed by atoms with Crippen LogP contribution in [-0.4, -0.2) is 5.91 Å². The summed E-state index contributed by atoms with van der Waals surface area (Å²) in [6, 6.07) is 7.94. The predicted octanol–water partition coefficient (Wildman–Crippen LogP) is 1.75. The van der Waals surface area contributed by atoms with Crippen molar-refractivity contribution in [3.8, 4) is 0 Å². The Bertz CT molecular complexity index is 329. The van der Waals surface area contributed by atoms with Gasteiger partial charge in [0.2, 0.25) is 5.91 Å². The lowest BCUT2D eigenvalue weighted by Crippen LogP contribution is -2.05. The molecule has 68 valence electrons. The molecular weight excluding hydrogens is 162 g/mol. The van der Waals surface area contributed by atoms with Gasteiger partial charge in [-0.3, -0.25) is 4.79 Å². The fourth-order valence-electron chi connectivity index (χ4n) is 1.19. The second-order valence-corrected chi connectivity index (χ2v) is 2.79. The summed E-state index contributed by atoms with van der Waals surface area (Å²) in [5.74, 6) is -0.411. The van der Waals surface area contributed by atoms with E-state index in [0.29, 0.717) is 0 Å². The number of rotatable bonds is 3. The Hall–Kier alpha value is -1.57. The van der Waals surface area contributed by atoms with Gasteiger partial charge in [0.05, 0.1) is 0 Å². The zero-order chi connectivity index (χ0) is 9.68. The lowest BCUT2D eigenvalue weighted by atomic mass is 10.1. The van der Waals surface area contributed by atoms with Crippen LogP contribution in [0.5, 0.6) is 0 Å². The summed E-state index contributed by atoms with van der Waals surface area (Å²) in [6.07, 6.45) is 4.09. The number of primary amides is 1. The highest BCUT2D eigenvalue weighted by Gasteiger charge is 1.94. The highest BCUT2D eigenvalue weighted by molar-refractivity contribution is 5.90. The maximum absolute atomic E-state index is 10.5. The maximum Gasteiger partial charge on any atom is 0.241 e. The van der Waals surface area contributed by atoms with Gasteiger partial charge in [-0.2, -0.15) is 0 Å². The zero-order valence-electron chi connectivity index (χ0n) is 7.66. The van der Waals surface area contributed by atoms with E-state index in [1.807, 2.05) is 24.3 Å². The summed E-state index contributed by atoms with van der Waals surface area (Å²) in [5.41, 5.74) is 7.29. The highest BCUT2D eigenvalue weighted by Crippen LogP contribution is 2.10. The van der Waals surface area contributed by atoms with E-state index in [1.54, 1.807) is 6.08 Å². The summed E-state index contributed by atoms with van der Waals surface area (Å²) < 4.78 is 0. The molecule has 0 aromatic heterocycles. The van der Waals surface area contributed by atoms with Crippen molar-refractivity contribution < 1.29 is 4.79 Å². The smallest absolute Gasteiger partial charge is 0.241 e. The summed E-state index contributed by atoms with van der Waals surface area (Å²) in [6.45, 7) is 2.08. The number of benzene rings is 1. The van der Waals surface area contributed by atoms with Crippen molar-refractivity contribution in [2.24, 2.45) is 5.73 Å². The van der Waals surface area contributed by atoms with Gasteiger partial charge in [0.1, 0.15) is 0 Å². The molecule has 0 saturated carbocycles. The molecule has 1 rings (SSSR count). The third-order valence-electron chi connectivity index (χ3n) is 1.86. The first-order valence-corrected chi connectivity index (χ1v) is 4.29. The first-order valence-electron chi connectivity index (χ1n) is 4.29. The quantitative estimate of drug-likeness (QED) is 0.699. The van der Waals surface area contributed by atoms with Crippen molar-refractivity contribution in [3.63, 3.8) is 0 Å². The van der Waals surface area contributed by atoms with E-state index in [9.17, 15) is 4.79 Å². The van der Waals surface area contributed by atoms with Crippen LogP contribution in [0.1, 0.15) is 18.1 Å². The molecule has 0 aliphatic heterocycles. The summed E-state index contributed by atoms with van der Waals surface area (Å²) in [5, 5.41) is 0. The fourth-order valence-corrected chi connectivity index (χ4v) is 1.19. The van der Waals surface area contributed by atoms with Crippen LogP contribution in [0.4, 0.5) is 0 Å². The Labute approximate surface area is 78.1 Å². The molecular formula is C11H13NO. The predicted molar refractivity (Wildman–Crippen MR) is 54.0 cm³/mol. The Morgan fingerprint density at radius 1 is 1.46 bits per heavy atom. The number of carbonyl (C=O) groups is 1. The molecule has 0 radical (unpaired) electrons. The number of hydrogen-bond acceptors (Lipinski definition) is 1. The third kappa shape index (κ3) is 2.75. The van der Waals surface area contributed by atoms with Gasteiger partial charge in [-0.15, -0.1) is 0 Å². The second kappa shape index (κ2) is 4.45. The van der Waals surface area contributed by atoms with Gasteiger partial charge in [-0.25, -0.2) is 0 Å². The van der Waals surface area contributed by atoms with Crippen LogP contribution in [0, 0.1) is 0 Å². The van der Waals surface area contributed by atoms with Crippen LogP contribution in [0.2, 0.25) is 0 Å². The SMILES string of the molecule is CCc1ccccc1C=CC(N)=O. The first kappa shape index (κ1) is 9.52. The lowest BCUT2D eigenvalue weighted by molar-refractivity contribution is -0.113. The molecule has 0 bridgehead atoms. The van der Waals surface area contributed by atoms with Crippen molar-refractivity contribution in [2.45, 2.75) is 13.3 Å². The molecule has 0 unspecified atom stereocenters. The fraction of sp³-hybridized carbons (Fsp3) is 0.182. The molecule has 1 aromatic rings. The van der Waals surface area contributed by atoms with Crippen LogP contribution in [-0.2, 0) is 11.2 Å². The molecule has 0 heterocycles. The number of carbonyl (C=O) groups excluding carboxylic acids is 1. The van der Waals surface area contributed by atoms with Crippen LogP contribution in [0.3, 0.4) is 0 Å². The first-order chi connectivity index (χ1) is 6.24. The van der Waals surface area contributed by atoms with Crippen LogP contribution >= 0.6 is 0 Å². The van der Waals surface area contributed by atoms with Gasteiger partial charge in [0.15, 0.2) is 0 Å². The standard InChI is InChI=1S/C11H13NO/c1-2-9-5-3-4-6-10(9)7-8-11(12)13/h3-8H,2H2,1H3,(H2,12,13). The number of amides is 1. The van der Waals surface area contributed by atoms with Crippen molar-refractivity contribution in [1.82, 2.24) is 0 Å². The normalized spacial score (nSPS) is 10.5. The lowest BCUT2D eigenvalue weighted by Gasteiger charge is -2.00. The summed E-state index contributed by atoms with van der Waals surface area (Å²) >= 11 is 0. The highest BCUT2D eigenvalue weighted by atomic mass is 16.1. The molecule has 2 N–H and O–H groups in total. The molecule has 0 aliphatic rings. The number of hydrogen-bond donors (Lipinski definition) is 1. The van der Waals surface area contributed by atoms with Crippen molar-refractivity contribution in [2.75, 3.05) is 0 Å². The maximum atomic E-state index is 10.5. The van der Waals surface area contributed by atoms with Gasteiger partial charge in [0, 0.05) is 6.08 Å². The molecule has 1 amide bonds. The second-order valence-electron chi connectivity index (χ2n) is 2.79. The van der Waals surface area contributed by atoms with Crippen molar-refractivity contribution in [1.29, 1.82) is 0 Å². The van der Waals surface area contributed by atoms with E-state index in [-0.39, 0.29) is 0 Å². The van der Waals surface area contributed by atoms with Crippen LogP contribution in [0.15, 0.2) is 30.3 Å². The van der Waals surface area contributed by atoms with E-state index < -0.39 is 5.91 Å². The average Bonchev–Trinajstić information content (AvgIpc) is 2.15. The van der Waals surface area contributed by atoms with E-state index in [2.05, 4.69) is 6.92 Å². The molecule has 0 aliphatic carbocycles. The Morgan fingerprint density at radius 3 is 2.77 bits per heavy atom. The van der Waals surface area contributed by atoms with Crippen molar-refractivity contribution in [3.05, 3.63) is 41.5 Å². The van der Waals surface area contributed by atoms with Crippen LogP contribution < -0.4 is 5.73 Å². The molecule has 2 heteroatoms. The Balaban J connectivity index is 2.93. The van der Waals surface area contributed by atoms with Gasteiger partial charge in [0.25, 0.3) is 0 Å². The van der Waals surface area contributed by atoms with Gasteiger partial charge in [-0.1, -0.05) is 31.2 Å². The summed E-state index contributed by atoms with van der Waals surface area (Å²) in [7, 11) is 0. The molecule has 0 spiro atoms. The van der Waals surface area contributed by atoms with Gasteiger partial charge in [-0.05, 0) is 23.6 Å². The molecule has 0 saturated heterocycles. The monoisotopic (exact) mass is 175 g/mol. The minimum absolute atomic E-state index is 0.411. The molecule has 13 heavy (non-hydrogen) atoms.